The van der Waals surface area contributed by atoms with Crippen molar-refractivity contribution in [1.29, 1.82) is 0 Å². The zero-order chi connectivity index (χ0) is 17.8. The molecule has 1 aromatic heterocycles. The lowest BCUT2D eigenvalue weighted by Crippen LogP contribution is -2.30. The summed E-state index contributed by atoms with van der Waals surface area (Å²) in [6.45, 7) is 2.35. The molecule has 0 spiro atoms. The van der Waals surface area contributed by atoms with Crippen LogP contribution >= 0.6 is 11.3 Å². The number of aromatic nitrogens is 1. The van der Waals surface area contributed by atoms with Crippen LogP contribution in [-0.4, -0.2) is 24.5 Å². The summed E-state index contributed by atoms with van der Waals surface area (Å²) in [6.07, 6.45) is 0. The molecule has 0 aliphatic carbocycles. The normalized spacial score (nSPS) is 10.5. The van der Waals surface area contributed by atoms with E-state index in [2.05, 4.69) is 4.98 Å². The van der Waals surface area contributed by atoms with Crippen LogP contribution in [0.5, 0.6) is 5.75 Å². The molecular weight excluding hydrogens is 339 g/mol. The molecule has 6 heteroatoms. The number of amides is 1. The van der Waals surface area contributed by atoms with Gasteiger partial charge in [-0.15, -0.1) is 11.3 Å². The standard InChI is InChI=1S/C19H17FN2O2S/c1-3-22(15-8-6-14(20)7-9-15)19(23)17-12-25-18(21-17)13-4-10-16(24-2)11-5-13/h4-12H,3H2,1-2H3. The highest BCUT2D eigenvalue weighted by molar-refractivity contribution is 7.13. The quantitative estimate of drug-likeness (QED) is 0.670. The van der Waals surface area contributed by atoms with Crippen LogP contribution in [0.4, 0.5) is 10.1 Å². The Morgan fingerprint density at radius 1 is 1.16 bits per heavy atom. The van der Waals surface area contributed by atoms with Crippen LogP contribution in [0, 0.1) is 5.82 Å². The second-order valence-electron chi connectivity index (χ2n) is 5.29. The Kier molecular flexibility index (Phi) is 5.09. The molecule has 1 amide bonds. The first-order chi connectivity index (χ1) is 12.1. The lowest BCUT2D eigenvalue weighted by Gasteiger charge is -2.19. The molecule has 1 heterocycles. The number of hydrogen-bond donors (Lipinski definition) is 0. The van der Waals surface area contributed by atoms with Gasteiger partial charge in [0.2, 0.25) is 0 Å². The minimum Gasteiger partial charge on any atom is -0.497 e. The number of anilines is 1. The van der Waals surface area contributed by atoms with E-state index in [1.54, 1.807) is 29.5 Å². The molecule has 0 aliphatic rings. The molecule has 128 valence electrons. The van der Waals surface area contributed by atoms with Crippen molar-refractivity contribution < 1.29 is 13.9 Å². The molecule has 0 saturated heterocycles. The maximum atomic E-state index is 13.1. The van der Waals surface area contributed by atoms with E-state index in [1.165, 1.54) is 23.5 Å². The Labute approximate surface area is 149 Å². The van der Waals surface area contributed by atoms with Gasteiger partial charge in [-0.05, 0) is 55.5 Å². The number of thiazole rings is 1. The average Bonchev–Trinajstić information content (AvgIpc) is 3.14. The van der Waals surface area contributed by atoms with Crippen molar-refractivity contribution in [2.45, 2.75) is 6.92 Å². The fourth-order valence-corrected chi connectivity index (χ4v) is 3.24. The molecule has 0 N–H and O–H groups in total. The van der Waals surface area contributed by atoms with Gasteiger partial charge in [0.15, 0.2) is 0 Å². The number of rotatable bonds is 5. The van der Waals surface area contributed by atoms with Crippen molar-refractivity contribution >= 4 is 22.9 Å². The lowest BCUT2D eigenvalue weighted by atomic mass is 10.2. The van der Waals surface area contributed by atoms with Crippen LogP contribution < -0.4 is 9.64 Å². The summed E-state index contributed by atoms with van der Waals surface area (Å²) in [7, 11) is 1.62. The summed E-state index contributed by atoms with van der Waals surface area (Å²) in [5, 5.41) is 2.51. The molecule has 0 bridgehead atoms. The second-order valence-corrected chi connectivity index (χ2v) is 6.15. The Morgan fingerprint density at radius 2 is 1.84 bits per heavy atom. The Morgan fingerprint density at radius 3 is 2.44 bits per heavy atom. The molecule has 4 nitrogen and oxygen atoms in total. The first-order valence-electron chi connectivity index (χ1n) is 7.79. The Balaban J connectivity index is 1.84. The van der Waals surface area contributed by atoms with Crippen LogP contribution in [0.15, 0.2) is 53.9 Å². The van der Waals surface area contributed by atoms with Gasteiger partial charge in [-0.25, -0.2) is 9.37 Å². The van der Waals surface area contributed by atoms with Gasteiger partial charge in [0, 0.05) is 23.2 Å². The number of hydrogen-bond acceptors (Lipinski definition) is 4. The maximum Gasteiger partial charge on any atom is 0.277 e. The zero-order valence-corrected chi connectivity index (χ0v) is 14.7. The predicted molar refractivity (Wildman–Crippen MR) is 97.9 cm³/mol. The molecule has 2 aromatic carbocycles. The molecule has 0 fully saturated rings. The fourth-order valence-electron chi connectivity index (χ4n) is 2.44. The van der Waals surface area contributed by atoms with E-state index in [0.717, 1.165) is 16.3 Å². The predicted octanol–water partition coefficient (Wildman–Crippen LogP) is 4.62. The topological polar surface area (TPSA) is 42.4 Å². The van der Waals surface area contributed by atoms with Crippen molar-refractivity contribution in [2.75, 3.05) is 18.6 Å². The van der Waals surface area contributed by atoms with Crippen molar-refractivity contribution in [1.82, 2.24) is 4.98 Å². The van der Waals surface area contributed by atoms with E-state index in [9.17, 15) is 9.18 Å². The van der Waals surface area contributed by atoms with Crippen molar-refractivity contribution in [3.63, 3.8) is 0 Å². The van der Waals surface area contributed by atoms with E-state index < -0.39 is 0 Å². The highest BCUT2D eigenvalue weighted by Crippen LogP contribution is 2.27. The van der Waals surface area contributed by atoms with Gasteiger partial charge in [0.1, 0.15) is 22.3 Å². The molecule has 0 aliphatic heterocycles. The third-order valence-corrected chi connectivity index (χ3v) is 4.65. The van der Waals surface area contributed by atoms with Gasteiger partial charge in [-0.3, -0.25) is 4.79 Å². The van der Waals surface area contributed by atoms with Gasteiger partial charge in [-0.2, -0.15) is 0 Å². The minimum absolute atomic E-state index is 0.204. The number of carbonyl (C=O) groups excluding carboxylic acids is 1. The van der Waals surface area contributed by atoms with E-state index in [1.807, 2.05) is 31.2 Å². The number of ether oxygens (including phenoxy) is 1. The van der Waals surface area contributed by atoms with E-state index in [-0.39, 0.29) is 11.7 Å². The summed E-state index contributed by atoms with van der Waals surface area (Å²) >= 11 is 1.41. The van der Waals surface area contributed by atoms with Crippen LogP contribution in [0.1, 0.15) is 17.4 Å². The van der Waals surface area contributed by atoms with E-state index in [0.29, 0.717) is 17.9 Å². The first kappa shape index (κ1) is 17.1. The highest BCUT2D eigenvalue weighted by atomic mass is 32.1. The first-order valence-corrected chi connectivity index (χ1v) is 8.67. The average molecular weight is 356 g/mol. The minimum atomic E-state index is -0.331. The van der Waals surface area contributed by atoms with Crippen molar-refractivity contribution in [3.8, 4) is 16.3 Å². The number of benzene rings is 2. The van der Waals surface area contributed by atoms with Crippen LogP contribution in [0.3, 0.4) is 0 Å². The Hall–Kier alpha value is -2.73. The van der Waals surface area contributed by atoms with E-state index >= 15 is 0 Å². The molecule has 3 aromatic rings. The number of methoxy groups -OCH3 is 1. The fraction of sp³-hybridized carbons (Fsp3) is 0.158. The van der Waals surface area contributed by atoms with Gasteiger partial charge >= 0.3 is 0 Å². The number of carbonyl (C=O) groups is 1. The van der Waals surface area contributed by atoms with Gasteiger partial charge in [0.05, 0.1) is 7.11 Å². The van der Waals surface area contributed by atoms with Gasteiger partial charge < -0.3 is 9.64 Å². The van der Waals surface area contributed by atoms with Crippen LogP contribution in [-0.2, 0) is 0 Å². The van der Waals surface area contributed by atoms with E-state index in [4.69, 9.17) is 4.74 Å². The van der Waals surface area contributed by atoms with Gasteiger partial charge in [0.25, 0.3) is 5.91 Å². The van der Waals surface area contributed by atoms with Crippen molar-refractivity contribution in [2.24, 2.45) is 0 Å². The summed E-state index contributed by atoms with van der Waals surface area (Å²) in [4.78, 5) is 18.8. The summed E-state index contributed by atoms with van der Waals surface area (Å²) in [5.41, 5.74) is 1.95. The molecule has 0 atom stereocenters. The SMILES string of the molecule is CCN(C(=O)c1csc(-c2ccc(OC)cc2)n1)c1ccc(F)cc1. The largest absolute Gasteiger partial charge is 0.497 e. The maximum absolute atomic E-state index is 13.1. The summed E-state index contributed by atoms with van der Waals surface area (Å²) < 4.78 is 18.2. The second kappa shape index (κ2) is 7.44. The highest BCUT2D eigenvalue weighted by Gasteiger charge is 2.19. The smallest absolute Gasteiger partial charge is 0.277 e. The zero-order valence-electron chi connectivity index (χ0n) is 13.9. The molecule has 25 heavy (non-hydrogen) atoms. The molecule has 0 radical (unpaired) electrons. The monoisotopic (exact) mass is 356 g/mol. The van der Waals surface area contributed by atoms with Gasteiger partial charge in [-0.1, -0.05) is 0 Å². The molecule has 0 unspecified atom stereocenters. The van der Waals surface area contributed by atoms with Crippen molar-refractivity contribution in [3.05, 3.63) is 65.4 Å². The molecular formula is C19H17FN2O2S. The van der Waals surface area contributed by atoms with Crippen LogP contribution in [0.25, 0.3) is 10.6 Å². The third kappa shape index (κ3) is 3.69. The lowest BCUT2D eigenvalue weighted by molar-refractivity contribution is 0.0984. The van der Waals surface area contributed by atoms with Crippen LogP contribution in [0.2, 0.25) is 0 Å². The molecule has 0 saturated carbocycles. The third-order valence-electron chi connectivity index (χ3n) is 3.76. The number of halogens is 1. The summed E-state index contributed by atoms with van der Waals surface area (Å²) in [5.74, 6) is 0.234. The summed E-state index contributed by atoms with van der Waals surface area (Å²) in [6, 6.07) is 13.4. The molecule has 3 rings (SSSR count). The Bertz CT molecular complexity index is 860. The number of nitrogens with zero attached hydrogens (tertiary/aromatic N) is 2.